The van der Waals surface area contributed by atoms with Gasteiger partial charge in [0.05, 0.1) is 10.6 Å². The summed E-state index contributed by atoms with van der Waals surface area (Å²) >= 11 is 5.27. The average Bonchev–Trinajstić information content (AvgIpc) is 3.07. The monoisotopic (exact) mass is 402 g/mol. The molecule has 1 unspecified atom stereocenters. The van der Waals surface area contributed by atoms with Crippen LogP contribution >= 0.6 is 22.9 Å². The Hall–Kier alpha value is -1.74. The van der Waals surface area contributed by atoms with E-state index >= 15 is 0 Å². The van der Waals surface area contributed by atoms with E-state index in [9.17, 15) is 17.7 Å². The van der Waals surface area contributed by atoms with Gasteiger partial charge in [-0.2, -0.15) is 13.2 Å². The van der Waals surface area contributed by atoms with Crippen LogP contribution in [0.15, 0.2) is 63.8 Å². The van der Waals surface area contributed by atoms with E-state index in [1.165, 1.54) is 17.4 Å². The van der Waals surface area contributed by atoms with Crippen LogP contribution in [0.1, 0.15) is 5.56 Å². The normalized spacial score (nSPS) is 12.8. The Labute approximate surface area is 153 Å². The summed E-state index contributed by atoms with van der Waals surface area (Å²) in [5.41, 5.74) is -0.259. The zero-order chi connectivity index (χ0) is 18.0. The lowest BCUT2D eigenvalue weighted by Gasteiger charge is -2.14. The molecule has 0 aliphatic heterocycles. The molecule has 3 nitrogen and oxygen atoms in total. The second-order valence-electron chi connectivity index (χ2n) is 4.89. The number of nitrogens with one attached hydrogen (secondary N) is 1. The van der Waals surface area contributed by atoms with E-state index in [2.05, 4.69) is 10.3 Å². The number of nitrogens with zero attached hydrogens (tertiary/aromatic N) is 1. The first-order chi connectivity index (χ1) is 11.8. The summed E-state index contributed by atoms with van der Waals surface area (Å²) in [5, 5.41) is 5.18. The Bertz CT molecular complexity index is 855. The van der Waals surface area contributed by atoms with Crippen LogP contribution in [0.25, 0.3) is 0 Å². The average molecular weight is 403 g/mol. The molecule has 0 radical (unpaired) electrons. The molecule has 0 saturated heterocycles. The standard InChI is InChI=1S/C16H10ClF3N2OS2/c17-14-6-5-12(9-13(14)16(18,19)20)25(23)11-3-1-10(2-4-11)22-15-21-7-8-24-15/h1-9H,(H,21,22). The van der Waals surface area contributed by atoms with Crippen LogP contribution in [0.5, 0.6) is 0 Å². The number of aromatic nitrogens is 1. The van der Waals surface area contributed by atoms with Crippen molar-refractivity contribution in [3.05, 3.63) is 64.6 Å². The number of alkyl halides is 3. The van der Waals surface area contributed by atoms with Crippen LogP contribution in [0.2, 0.25) is 5.02 Å². The van der Waals surface area contributed by atoms with E-state index in [-0.39, 0.29) is 4.90 Å². The molecular formula is C16H10ClF3N2OS2. The van der Waals surface area contributed by atoms with Gasteiger partial charge in [-0.15, -0.1) is 11.3 Å². The molecule has 0 amide bonds. The van der Waals surface area contributed by atoms with Crippen LogP contribution in [0.4, 0.5) is 24.0 Å². The molecule has 1 atom stereocenters. The maximum absolute atomic E-state index is 12.9. The smallest absolute Gasteiger partial charge is 0.418 e. The quantitative estimate of drug-likeness (QED) is 0.567. The highest BCUT2D eigenvalue weighted by molar-refractivity contribution is 7.91. The lowest BCUT2D eigenvalue weighted by atomic mass is 10.2. The molecule has 9 heteroatoms. The van der Waals surface area contributed by atoms with Crippen molar-refractivity contribution in [2.75, 3.05) is 5.32 Å². The van der Waals surface area contributed by atoms with Gasteiger partial charge in [0, 0.05) is 34.5 Å². The summed E-state index contributed by atoms with van der Waals surface area (Å²) in [6, 6.07) is 9.82. The van der Waals surface area contributed by atoms with Gasteiger partial charge in [0.2, 0.25) is 0 Å². The van der Waals surface area contributed by atoms with Gasteiger partial charge >= 0.3 is 6.18 Å². The Kier molecular flexibility index (Phi) is 5.24. The van der Waals surface area contributed by atoms with E-state index in [0.29, 0.717) is 10.0 Å². The van der Waals surface area contributed by atoms with Crippen LogP contribution in [0, 0.1) is 0 Å². The number of rotatable bonds is 4. The van der Waals surface area contributed by atoms with Crippen molar-refractivity contribution in [2.24, 2.45) is 0 Å². The second-order valence-corrected chi connectivity index (χ2v) is 7.68. The van der Waals surface area contributed by atoms with Gasteiger partial charge in [0.15, 0.2) is 14.9 Å². The number of hydrogen-bond acceptors (Lipinski definition) is 4. The van der Waals surface area contributed by atoms with Gasteiger partial charge < -0.3 is 9.87 Å². The lowest BCUT2D eigenvalue weighted by molar-refractivity contribution is -0.137. The molecule has 3 aromatic rings. The number of benzene rings is 2. The van der Waals surface area contributed by atoms with E-state index in [0.717, 1.165) is 17.8 Å². The Morgan fingerprint density at radius 2 is 1.76 bits per heavy atom. The summed E-state index contributed by atoms with van der Waals surface area (Å²) in [7, 11) is 0. The lowest BCUT2D eigenvalue weighted by Crippen LogP contribution is -2.09. The first-order valence-corrected chi connectivity index (χ1v) is 9.30. The van der Waals surface area contributed by atoms with Crippen molar-refractivity contribution in [1.82, 2.24) is 4.98 Å². The first kappa shape index (κ1) is 18.1. The molecule has 0 fully saturated rings. The highest BCUT2D eigenvalue weighted by atomic mass is 35.5. The predicted octanol–water partition coefficient (Wildman–Crippen LogP) is 5.73. The Morgan fingerprint density at radius 1 is 1.08 bits per heavy atom. The van der Waals surface area contributed by atoms with E-state index in [1.54, 1.807) is 30.5 Å². The molecule has 2 aromatic carbocycles. The zero-order valence-electron chi connectivity index (χ0n) is 12.4. The van der Waals surface area contributed by atoms with Crippen molar-refractivity contribution >= 4 is 44.9 Å². The third kappa shape index (κ3) is 4.27. The molecule has 0 aliphatic carbocycles. The van der Waals surface area contributed by atoms with Gasteiger partial charge in [-0.1, -0.05) is 11.6 Å². The Balaban J connectivity index is 1.82. The highest BCUT2D eigenvalue weighted by Gasteiger charge is 2.34. The van der Waals surface area contributed by atoms with Crippen molar-refractivity contribution in [1.29, 1.82) is 0 Å². The molecule has 3 rings (SSSR count). The first-order valence-electron chi connectivity index (χ1n) is 6.90. The highest BCUT2D eigenvalue weighted by Crippen LogP contribution is 2.37. The van der Waals surface area contributed by atoms with Gasteiger partial charge in [0.1, 0.15) is 0 Å². The summed E-state index contributed by atoms with van der Waals surface area (Å²) in [5.74, 6) is 0. The topological polar surface area (TPSA) is 48.0 Å². The van der Waals surface area contributed by atoms with Gasteiger partial charge in [0.25, 0.3) is 0 Å². The summed E-state index contributed by atoms with van der Waals surface area (Å²) in [6.07, 6.45) is -2.94. The molecule has 1 heterocycles. The zero-order valence-corrected chi connectivity index (χ0v) is 14.8. The van der Waals surface area contributed by atoms with Crippen molar-refractivity contribution in [3.8, 4) is 0 Å². The minimum atomic E-state index is -4.60. The van der Waals surface area contributed by atoms with Crippen LogP contribution < -0.4 is 5.32 Å². The number of halogens is 4. The molecule has 0 bridgehead atoms. The maximum atomic E-state index is 12.9. The van der Waals surface area contributed by atoms with Crippen LogP contribution in [-0.4, -0.2) is 9.54 Å². The van der Waals surface area contributed by atoms with Gasteiger partial charge in [-0.25, -0.2) is 4.98 Å². The van der Waals surface area contributed by atoms with E-state index < -0.39 is 27.9 Å². The molecular weight excluding hydrogens is 393 g/mol. The van der Waals surface area contributed by atoms with Crippen molar-refractivity contribution < 1.29 is 17.7 Å². The fraction of sp³-hybridized carbons (Fsp3) is 0.0625. The number of hydrogen-bond donors (Lipinski definition) is 1. The molecule has 0 spiro atoms. The SMILES string of the molecule is [O-][S+](c1ccc(Nc2nccs2)cc1)c1ccc(Cl)c(C(F)(F)F)c1. The van der Waals surface area contributed by atoms with Gasteiger partial charge in [-0.3, -0.25) is 0 Å². The maximum Gasteiger partial charge on any atom is 0.418 e. The van der Waals surface area contributed by atoms with E-state index in [4.69, 9.17) is 11.6 Å². The molecule has 25 heavy (non-hydrogen) atoms. The largest absolute Gasteiger partial charge is 0.606 e. The molecule has 130 valence electrons. The minimum Gasteiger partial charge on any atom is -0.606 e. The summed E-state index contributed by atoms with van der Waals surface area (Å²) in [6.45, 7) is 0. The Morgan fingerprint density at radius 3 is 2.36 bits per heavy atom. The molecule has 1 N–H and O–H groups in total. The van der Waals surface area contributed by atoms with Gasteiger partial charge in [-0.05, 0) is 36.4 Å². The second kappa shape index (κ2) is 7.25. The fourth-order valence-electron chi connectivity index (χ4n) is 2.04. The van der Waals surface area contributed by atoms with Crippen molar-refractivity contribution in [3.63, 3.8) is 0 Å². The predicted molar refractivity (Wildman–Crippen MR) is 93.0 cm³/mol. The third-order valence-electron chi connectivity index (χ3n) is 3.21. The molecule has 1 aromatic heterocycles. The third-order valence-corrected chi connectivity index (χ3v) is 5.61. The fourth-order valence-corrected chi connectivity index (χ4v) is 3.89. The number of anilines is 2. The summed E-state index contributed by atoms with van der Waals surface area (Å²) in [4.78, 5) is 4.51. The van der Waals surface area contributed by atoms with Crippen LogP contribution in [0.3, 0.4) is 0 Å². The summed E-state index contributed by atoms with van der Waals surface area (Å²) < 4.78 is 51.3. The van der Waals surface area contributed by atoms with Crippen molar-refractivity contribution in [2.45, 2.75) is 16.0 Å². The molecule has 0 aliphatic rings. The molecule has 0 saturated carbocycles. The van der Waals surface area contributed by atoms with Crippen LogP contribution in [-0.2, 0) is 17.4 Å². The number of thiazole rings is 1. The minimum absolute atomic E-state index is 0.0392. The van der Waals surface area contributed by atoms with E-state index in [1.807, 2.05) is 5.38 Å².